The largest absolute Gasteiger partial charge is 0.492 e. The van der Waals surface area contributed by atoms with Crippen molar-refractivity contribution in [1.29, 1.82) is 0 Å². The molecule has 1 saturated heterocycles. The summed E-state index contributed by atoms with van der Waals surface area (Å²) in [7, 11) is 3.28. The van der Waals surface area contributed by atoms with E-state index in [0.717, 1.165) is 25.3 Å². The molecular weight excluding hydrogens is 395 g/mol. The summed E-state index contributed by atoms with van der Waals surface area (Å²) in [5.74, 6) is -1.25. The Hall–Kier alpha value is -3.01. The van der Waals surface area contributed by atoms with Crippen molar-refractivity contribution in [1.82, 2.24) is 9.88 Å². The fourth-order valence-corrected chi connectivity index (χ4v) is 4.17. The second-order valence-electron chi connectivity index (χ2n) is 7.78. The number of nitrogens with one attached hydrogen (secondary N) is 1. The maximum atomic E-state index is 15.2. The third-order valence-corrected chi connectivity index (χ3v) is 5.83. The van der Waals surface area contributed by atoms with Gasteiger partial charge in [0.25, 0.3) is 6.54 Å². The fourth-order valence-electron chi connectivity index (χ4n) is 4.17. The van der Waals surface area contributed by atoms with Crippen LogP contribution in [0.3, 0.4) is 0 Å². The Morgan fingerprint density at radius 1 is 1.40 bits per heavy atom. The number of nitro groups is 1. The van der Waals surface area contributed by atoms with Gasteiger partial charge >= 0.3 is 0 Å². The highest BCUT2D eigenvalue weighted by molar-refractivity contribution is 6.01. The zero-order valence-electron chi connectivity index (χ0n) is 16.8. The molecule has 9 nitrogen and oxygen atoms in total. The van der Waals surface area contributed by atoms with E-state index in [1.807, 2.05) is 11.9 Å². The molecule has 0 amide bonds. The van der Waals surface area contributed by atoms with Gasteiger partial charge in [0, 0.05) is 36.3 Å². The molecule has 10 heteroatoms. The van der Waals surface area contributed by atoms with E-state index in [0.29, 0.717) is 24.3 Å². The van der Waals surface area contributed by atoms with Crippen LogP contribution in [0.5, 0.6) is 5.75 Å². The van der Waals surface area contributed by atoms with E-state index in [4.69, 9.17) is 4.74 Å². The number of hydrogen-bond acceptors (Lipinski definition) is 7. The first-order chi connectivity index (χ1) is 14.3. The molecule has 1 aliphatic heterocycles. The quantitative estimate of drug-likeness (QED) is 0.415. The second-order valence-corrected chi connectivity index (χ2v) is 7.78. The molecule has 0 radical (unpaired) electrons. The number of rotatable bonds is 7. The highest BCUT2D eigenvalue weighted by atomic mass is 19.1. The number of anilines is 1. The summed E-state index contributed by atoms with van der Waals surface area (Å²) in [6.07, 6.45) is 3.89. The van der Waals surface area contributed by atoms with Gasteiger partial charge in [0.15, 0.2) is 11.6 Å². The minimum atomic E-state index is -0.984. The smallest absolute Gasteiger partial charge is 0.266 e. The van der Waals surface area contributed by atoms with E-state index >= 15 is 4.39 Å². The van der Waals surface area contributed by atoms with Gasteiger partial charge in [0.05, 0.1) is 23.6 Å². The maximum absolute atomic E-state index is 15.2. The molecule has 1 aliphatic carbocycles. The molecule has 30 heavy (non-hydrogen) atoms. The second kappa shape index (κ2) is 7.67. The number of ketones is 1. The van der Waals surface area contributed by atoms with Crippen molar-refractivity contribution < 1.29 is 18.8 Å². The van der Waals surface area contributed by atoms with Gasteiger partial charge in [0.2, 0.25) is 11.2 Å². The Kier molecular flexibility index (Phi) is 5.19. The molecule has 160 valence electrons. The van der Waals surface area contributed by atoms with Crippen LogP contribution in [0.25, 0.3) is 10.9 Å². The summed E-state index contributed by atoms with van der Waals surface area (Å²) in [4.78, 5) is 37.2. The lowest BCUT2D eigenvalue weighted by atomic mass is 10.1. The molecular formula is C20H23FN4O5. The molecule has 2 heterocycles. The minimum Gasteiger partial charge on any atom is -0.492 e. The molecule has 1 atom stereocenters. The molecule has 0 bridgehead atoms. The lowest BCUT2D eigenvalue weighted by Gasteiger charge is -2.24. The van der Waals surface area contributed by atoms with Gasteiger partial charge in [-0.25, -0.2) is 4.39 Å². The van der Waals surface area contributed by atoms with E-state index in [9.17, 15) is 19.7 Å². The highest BCUT2D eigenvalue weighted by Gasteiger charge is 2.33. The first kappa shape index (κ1) is 20.3. The standard InChI is InChI=1S/C20H23FN4O5/c1-22-11-5-6-23(8-11)18-15(21)7-13-17(20(18)30-2)24(12-3-4-12)9-14(19(13)27)16(26)10-25(28)29/h7,9,11-12,22H,3-6,8,10H2,1-2H3. The number of hydrogen-bond donors (Lipinski definition) is 1. The van der Waals surface area contributed by atoms with E-state index in [1.165, 1.54) is 13.3 Å². The summed E-state index contributed by atoms with van der Waals surface area (Å²) in [6, 6.07) is 1.38. The Morgan fingerprint density at radius 2 is 2.13 bits per heavy atom. The Bertz CT molecular complexity index is 1100. The SMILES string of the molecule is CNC1CCN(c2c(F)cc3c(=O)c(C(=O)C[N+](=O)[O-])cn(C4CC4)c3c2OC)C1. The van der Waals surface area contributed by atoms with Gasteiger partial charge in [-0.1, -0.05) is 0 Å². The number of ether oxygens (including phenoxy) is 1. The number of methoxy groups -OCH3 is 1. The molecule has 2 fully saturated rings. The van der Waals surface area contributed by atoms with Crippen molar-refractivity contribution in [2.75, 3.05) is 38.7 Å². The average Bonchev–Trinajstić information content (AvgIpc) is 3.44. The minimum absolute atomic E-state index is 0.00133. The van der Waals surface area contributed by atoms with Gasteiger partial charge in [-0.2, -0.15) is 0 Å². The number of nitrogens with zero attached hydrogens (tertiary/aromatic N) is 3. The van der Waals surface area contributed by atoms with Crippen molar-refractivity contribution >= 4 is 22.4 Å². The number of halogens is 1. The first-order valence-corrected chi connectivity index (χ1v) is 9.88. The zero-order chi connectivity index (χ0) is 21.6. The molecule has 2 aliphatic rings. The van der Waals surface area contributed by atoms with E-state index < -0.39 is 28.5 Å². The van der Waals surface area contributed by atoms with Gasteiger partial charge in [-0.3, -0.25) is 19.7 Å². The van der Waals surface area contributed by atoms with Crippen molar-refractivity contribution in [3.63, 3.8) is 0 Å². The monoisotopic (exact) mass is 418 g/mol. The molecule has 4 rings (SSSR count). The number of Topliss-reactive ketones (excluding diaryl/α,β-unsaturated/α-hetero) is 1. The Morgan fingerprint density at radius 3 is 2.70 bits per heavy atom. The number of pyridine rings is 1. The van der Waals surface area contributed by atoms with Crippen LogP contribution < -0.4 is 20.4 Å². The number of benzene rings is 1. The highest BCUT2D eigenvalue weighted by Crippen LogP contribution is 2.44. The third-order valence-electron chi connectivity index (χ3n) is 5.83. The molecule has 1 aromatic carbocycles. The van der Waals surface area contributed by atoms with Crippen molar-refractivity contribution in [3.05, 3.63) is 44.0 Å². The summed E-state index contributed by atoms with van der Waals surface area (Å²) in [5, 5.41) is 14.0. The van der Waals surface area contributed by atoms with Crippen molar-refractivity contribution in [2.45, 2.75) is 31.3 Å². The zero-order valence-corrected chi connectivity index (χ0v) is 16.8. The molecule has 1 unspecified atom stereocenters. The molecule has 1 N–H and O–H groups in total. The normalized spacial score (nSPS) is 18.8. The predicted molar refractivity (Wildman–Crippen MR) is 109 cm³/mol. The van der Waals surface area contributed by atoms with Crippen LogP contribution in [0.1, 0.15) is 35.7 Å². The lowest BCUT2D eigenvalue weighted by Crippen LogP contribution is -2.30. The van der Waals surface area contributed by atoms with Gasteiger partial charge in [-0.05, 0) is 32.4 Å². The van der Waals surface area contributed by atoms with E-state index in [1.54, 1.807) is 4.57 Å². The van der Waals surface area contributed by atoms with Crippen molar-refractivity contribution in [2.24, 2.45) is 0 Å². The Labute approximate surface area is 171 Å². The summed E-state index contributed by atoms with van der Waals surface area (Å²) in [5.41, 5.74) is -0.295. The maximum Gasteiger partial charge on any atom is 0.266 e. The van der Waals surface area contributed by atoms with Crippen LogP contribution in [0, 0.1) is 15.9 Å². The van der Waals surface area contributed by atoms with Gasteiger partial charge < -0.3 is 19.5 Å². The summed E-state index contributed by atoms with van der Waals surface area (Å²) >= 11 is 0. The van der Waals surface area contributed by atoms with Crippen LogP contribution >= 0.6 is 0 Å². The topological polar surface area (TPSA) is 107 Å². The molecule has 0 spiro atoms. The summed E-state index contributed by atoms with van der Waals surface area (Å²) in [6.45, 7) is 0.252. The van der Waals surface area contributed by atoms with Gasteiger partial charge in [0.1, 0.15) is 5.69 Å². The number of likely N-dealkylation sites (N-methyl/N-ethyl adjacent to an activating group) is 1. The van der Waals surface area contributed by atoms with Crippen LogP contribution in [0.4, 0.5) is 10.1 Å². The number of carbonyl (C=O) groups excluding carboxylic acids is 1. The third kappa shape index (κ3) is 3.41. The average molecular weight is 418 g/mol. The first-order valence-electron chi connectivity index (χ1n) is 9.88. The molecule has 1 saturated carbocycles. The van der Waals surface area contributed by atoms with Gasteiger partial charge in [-0.15, -0.1) is 0 Å². The molecule has 1 aromatic heterocycles. The number of fused-ring (bicyclic) bond motifs is 1. The van der Waals surface area contributed by atoms with Crippen LogP contribution in [0.15, 0.2) is 17.1 Å². The number of carbonyl (C=O) groups is 1. The van der Waals surface area contributed by atoms with E-state index in [2.05, 4.69) is 5.32 Å². The fraction of sp³-hybridized carbons (Fsp3) is 0.500. The molecule has 2 aromatic rings. The predicted octanol–water partition coefficient (Wildman–Crippen LogP) is 1.74. The number of aromatic nitrogens is 1. The van der Waals surface area contributed by atoms with Crippen LogP contribution in [-0.4, -0.2) is 55.1 Å². The Balaban J connectivity index is 1.95. The van der Waals surface area contributed by atoms with Crippen LogP contribution in [-0.2, 0) is 0 Å². The lowest BCUT2D eigenvalue weighted by molar-refractivity contribution is -0.465. The van der Waals surface area contributed by atoms with Crippen molar-refractivity contribution in [3.8, 4) is 5.75 Å². The van der Waals surface area contributed by atoms with Crippen LogP contribution in [0.2, 0.25) is 0 Å². The summed E-state index contributed by atoms with van der Waals surface area (Å²) < 4.78 is 22.6. The van der Waals surface area contributed by atoms with E-state index in [-0.39, 0.29) is 28.8 Å².